The second-order valence-corrected chi connectivity index (χ2v) is 6.28. The van der Waals surface area contributed by atoms with Gasteiger partial charge in [-0.05, 0) is 48.0 Å². The van der Waals surface area contributed by atoms with Crippen LogP contribution >= 0.6 is 11.8 Å². The molecular formula is C19H17NO4S. The second kappa shape index (κ2) is 7.90. The van der Waals surface area contributed by atoms with Crippen molar-refractivity contribution in [1.82, 2.24) is 5.32 Å². The van der Waals surface area contributed by atoms with E-state index in [1.807, 2.05) is 43.3 Å². The van der Waals surface area contributed by atoms with E-state index in [1.165, 1.54) is 0 Å². The minimum Gasteiger partial charge on any atom is -0.490 e. The third-order valence-electron chi connectivity index (χ3n) is 3.44. The summed E-state index contributed by atoms with van der Waals surface area (Å²) in [7, 11) is 0. The Kier molecular flexibility index (Phi) is 5.40. The van der Waals surface area contributed by atoms with Crippen LogP contribution in [0.3, 0.4) is 0 Å². The first kappa shape index (κ1) is 17.1. The first-order chi connectivity index (χ1) is 12.2. The highest BCUT2D eigenvalue weighted by molar-refractivity contribution is 8.18. The van der Waals surface area contributed by atoms with Gasteiger partial charge in [-0.1, -0.05) is 36.4 Å². The second-order valence-electron chi connectivity index (χ2n) is 5.27. The number of hydrogen-bond donors (Lipinski definition) is 1. The number of hydrogen-bond acceptors (Lipinski definition) is 5. The van der Waals surface area contributed by atoms with E-state index in [0.717, 1.165) is 22.9 Å². The van der Waals surface area contributed by atoms with Crippen LogP contribution in [0, 0.1) is 0 Å². The van der Waals surface area contributed by atoms with Crippen molar-refractivity contribution in [2.24, 2.45) is 0 Å². The van der Waals surface area contributed by atoms with Crippen molar-refractivity contribution in [2.45, 2.75) is 13.5 Å². The van der Waals surface area contributed by atoms with Crippen molar-refractivity contribution in [3.05, 3.63) is 64.6 Å². The Morgan fingerprint density at radius 1 is 1.04 bits per heavy atom. The number of imide groups is 1. The predicted octanol–water partition coefficient (Wildman–Crippen LogP) is 3.99. The standard InChI is InChI=1S/C19H17NO4S/c1-2-23-16-10-14(11-17-18(21)20-19(22)25-17)8-9-15(16)24-12-13-6-4-3-5-7-13/h3-11H,2,12H2,1H3,(H,20,21,22)/b17-11-. The Hall–Kier alpha value is -2.73. The zero-order chi connectivity index (χ0) is 17.6. The highest BCUT2D eigenvalue weighted by atomic mass is 32.2. The summed E-state index contributed by atoms with van der Waals surface area (Å²) in [6.07, 6.45) is 1.66. The average Bonchev–Trinajstić information content (AvgIpc) is 2.92. The molecule has 0 aliphatic carbocycles. The van der Waals surface area contributed by atoms with Gasteiger partial charge >= 0.3 is 0 Å². The van der Waals surface area contributed by atoms with Crippen molar-refractivity contribution in [3.8, 4) is 11.5 Å². The Morgan fingerprint density at radius 3 is 2.52 bits per heavy atom. The molecule has 0 aromatic heterocycles. The fraction of sp³-hybridized carbons (Fsp3) is 0.158. The number of ether oxygens (including phenoxy) is 2. The fourth-order valence-electron chi connectivity index (χ4n) is 2.31. The van der Waals surface area contributed by atoms with Gasteiger partial charge in [0.25, 0.3) is 11.1 Å². The molecule has 0 saturated carbocycles. The minimum atomic E-state index is -0.377. The van der Waals surface area contributed by atoms with Gasteiger partial charge in [0.1, 0.15) is 6.61 Å². The van der Waals surface area contributed by atoms with E-state index < -0.39 is 0 Å². The maximum absolute atomic E-state index is 11.6. The molecule has 1 aliphatic heterocycles. The summed E-state index contributed by atoms with van der Waals surface area (Å²) in [5.41, 5.74) is 1.83. The summed E-state index contributed by atoms with van der Waals surface area (Å²) in [6.45, 7) is 2.83. The first-order valence-corrected chi connectivity index (χ1v) is 8.66. The van der Waals surface area contributed by atoms with Gasteiger partial charge in [-0.15, -0.1) is 0 Å². The molecule has 1 fully saturated rings. The van der Waals surface area contributed by atoms with Gasteiger partial charge in [-0.2, -0.15) is 0 Å². The summed E-state index contributed by atoms with van der Waals surface area (Å²) in [5.74, 6) is 0.854. The van der Waals surface area contributed by atoms with Crippen LogP contribution in [0.4, 0.5) is 4.79 Å². The van der Waals surface area contributed by atoms with Gasteiger partial charge in [0.15, 0.2) is 11.5 Å². The number of thioether (sulfide) groups is 1. The number of nitrogens with one attached hydrogen (secondary N) is 1. The molecule has 25 heavy (non-hydrogen) atoms. The van der Waals surface area contributed by atoms with Crippen LogP contribution in [0.15, 0.2) is 53.4 Å². The monoisotopic (exact) mass is 355 g/mol. The molecule has 0 bridgehead atoms. The molecule has 0 radical (unpaired) electrons. The quantitative estimate of drug-likeness (QED) is 0.794. The number of carbonyl (C=O) groups is 2. The van der Waals surface area contributed by atoms with Crippen LogP contribution in [0.5, 0.6) is 11.5 Å². The van der Waals surface area contributed by atoms with E-state index in [4.69, 9.17) is 9.47 Å². The molecule has 2 aromatic rings. The number of benzene rings is 2. The molecule has 0 atom stereocenters. The summed E-state index contributed by atoms with van der Waals surface area (Å²) in [6, 6.07) is 15.3. The molecule has 6 heteroatoms. The summed E-state index contributed by atoms with van der Waals surface area (Å²) >= 11 is 0.889. The summed E-state index contributed by atoms with van der Waals surface area (Å²) in [5, 5.41) is 1.88. The Balaban J connectivity index is 1.79. The topological polar surface area (TPSA) is 64.6 Å². The molecule has 1 saturated heterocycles. The van der Waals surface area contributed by atoms with Crippen LogP contribution in [0.25, 0.3) is 6.08 Å². The van der Waals surface area contributed by atoms with Gasteiger partial charge in [0.2, 0.25) is 0 Å². The van der Waals surface area contributed by atoms with E-state index in [0.29, 0.717) is 29.6 Å². The molecule has 3 rings (SSSR count). The lowest BCUT2D eigenvalue weighted by atomic mass is 10.2. The highest BCUT2D eigenvalue weighted by Gasteiger charge is 2.25. The molecule has 2 amide bonds. The molecule has 2 aromatic carbocycles. The lowest BCUT2D eigenvalue weighted by Gasteiger charge is -2.13. The normalized spacial score (nSPS) is 15.3. The number of carbonyl (C=O) groups excluding carboxylic acids is 2. The largest absolute Gasteiger partial charge is 0.490 e. The molecule has 5 nitrogen and oxygen atoms in total. The third-order valence-corrected chi connectivity index (χ3v) is 4.26. The molecule has 128 valence electrons. The van der Waals surface area contributed by atoms with Gasteiger partial charge in [0, 0.05) is 0 Å². The molecule has 0 unspecified atom stereocenters. The zero-order valence-electron chi connectivity index (χ0n) is 13.7. The Bertz CT molecular complexity index is 817. The SMILES string of the molecule is CCOc1cc(/C=C2\SC(=O)NC2=O)ccc1OCc1ccccc1. The zero-order valence-corrected chi connectivity index (χ0v) is 14.5. The third kappa shape index (κ3) is 4.42. The highest BCUT2D eigenvalue weighted by Crippen LogP contribution is 2.32. The number of amides is 2. The molecule has 0 spiro atoms. The van der Waals surface area contributed by atoms with Gasteiger partial charge in [0.05, 0.1) is 11.5 Å². The van der Waals surface area contributed by atoms with Crippen molar-refractivity contribution in [1.29, 1.82) is 0 Å². The van der Waals surface area contributed by atoms with Gasteiger partial charge in [-0.25, -0.2) is 0 Å². The van der Waals surface area contributed by atoms with Crippen LogP contribution in [0.2, 0.25) is 0 Å². The molecule has 1 N–H and O–H groups in total. The van der Waals surface area contributed by atoms with E-state index >= 15 is 0 Å². The minimum absolute atomic E-state index is 0.357. The predicted molar refractivity (Wildman–Crippen MR) is 97.5 cm³/mol. The maximum atomic E-state index is 11.6. The van der Waals surface area contributed by atoms with Crippen molar-refractivity contribution in [2.75, 3.05) is 6.61 Å². The van der Waals surface area contributed by atoms with Gasteiger partial charge < -0.3 is 9.47 Å². The van der Waals surface area contributed by atoms with Crippen LogP contribution < -0.4 is 14.8 Å². The first-order valence-electron chi connectivity index (χ1n) is 7.84. The van der Waals surface area contributed by atoms with E-state index in [-0.39, 0.29) is 11.1 Å². The number of rotatable bonds is 6. The van der Waals surface area contributed by atoms with Gasteiger partial charge in [-0.3, -0.25) is 14.9 Å². The lowest BCUT2D eigenvalue weighted by molar-refractivity contribution is -0.115. The Morgan fingerprint density at radius 2 is 1.84 bits per heavy atom. The molecular weight excluding hydrogens is 338 g/mol. The summed E-state index contributed by atoms with van der Waals surface area (Å²) in [4.78, 5) is 23.3. The lowest BCUT2D eigenvalue weighted by Crippen LogP contribution is -2.17. The smallest absolute Gasteiger partial charge is 0.290 e. The van der Waals surface area contributed by atoms with Crippen LogP contribution in [0.1, 0.15) is 18.1 Å². The van der Waals surface area contributed by atoms with E-state index in [2.05, 4.69) is 5.32 Å². The van der Waals surface area contributed by atoms with E-state index in [1.54, 1.807) is 18.2 Å². The van der Waals surface area contributed by atoms with Crippen LogP contribution in [-0.2, 0) is 11.4 Å². The fourth-order valence-corrected chi connectivity index (χ4v) is 2.99. The van der Waals surface area contributed by atoms with Crippen molar-refractivity contribution >= 4 is 29.0 Å². The molecule has 1 heterocycles. The van der Waals surface area contributed by atoms with Crippen molar-refractivity contribution in [3.63, 3.8) is 0 Å². The van der Waals surface area contributed by atoms with E-state index in [9.17, 15) is 9.59 Å². The maximum Gasteiger partial charge on any atom is 0.290 e. The van der Waals surface area contributed by atoms with Crippen molar-refractivity contribution < 1.29 is 19.1 Å². The Labute approximate surface area is 150 Å². The van der Waals surface area contributed by atoms with Crippen LogP contribution in [-0.4, -0.2) is 17.8 Å². The average molecular weight is 355 g/mol. The summed E-state index contributed by atoms with van der Waals surface area (Å²) < 4.78 is 11.5. The molecule has 1 aliphatic rings.